The van der Waals surface area contributed by atoms with Gasteiger partial charge in [-0.15, -0.1) is 12.4 Å². The molecule has 1 aliphatic rings. The first-order valence-corrected chi connectivity index (χ1v) is 6.78. The van der Waals surface area contributed by atoms with Crippen LogP contribution in [0.25, 0.3) is 0 Å². The van der Waals surface area contributed by atoms with Gasteiger partial charge >= 0.3 is 0 Å². The Kier molecular flexibility index (Phi) is 7.06. The standard InChI is InChI=1S/C15H19N3O.ClH/c16-10-12-3-5-14(6-4-12)15(19)18-9-7-13-2-1-8-17-11-13;/h3-6,13,17H,1-2,7-9,11H2,(H,18,19);1H. The van der Waals surface area contributed by atoms with E-state index in [-0.39, 0.29) is 18.3 Å². The Balaban J connectivity index is 0.00000200. The molecule has 2 rings (SSSR count). The smallest absolute Gasteiger partial charge is 0.251 e. The average Bonchev–Trinajstić information content (AvgIpc) is 2.48. The van der Waals surface area contributed by atoms with Crippen LogP contribution < -0.4 is 10.6 Å². The average molecular weight is 294 g/mol. The zero-order chi connectivity index (χ0) is 13.5. The third kappa shape index (κ3) is 4.84. The fourth-order valence-electron chi connectivity index (χ4n) is 2.36. The molecule has 1 amide bonds. The summed E-state index contributed by atoms with van der Waals surface area (Å²) in [5.74, 6) is 0.614. The number of rotatable bonds is 4. The Morgan fingerprint density at radius 3 is 2.75 bits per heavy atom. The molecule has 108 valence electrons. The van der Waals surface area contributed by atoms with E-state index < -0.39 is 0 Å². The third-order valence-corrected chi connectivity index (χ3v) is 3.51. The molecule has 0 bridgehead atoms. The van der Waals surface area contributed by atoms with Gasteiger partial charge in [-0.1, -0.05) is 0 Å². The Bertz CT molecular complexity index is 461. The molecule has 0 saturated carbocycles. The number of piperidine rings is 1. The second kappa shape index (κ2) is 8.57. The predicted molar refractivity (Wildman–Crippen MR) is 80.9 cm³/mol. The highest BCUT2D eigenvalue weighted by molar-refractivity contribution is 5.94. The van der Waals surface area contributed by atoms with Crippen molar-refractivity contribution in [3.05, 3.63) is 35.4 Å². The summed E-state index contributed by atoms with van der Waals surface area (Å²) in [6.07, 6.45) is 3.50. The van der Waals surface area contributed by atoms with E-state index in [1.807, 2.05) is 6.07 Å². The number of hydrogen-bond donors (Lipinski definition) is 2. The van der Waals surface area contributed by atoms with Gasteiger partial charge in [0.15, 0.2) is 0 Å². The van der Waals surface area contributed by atoms with Crippen LogP contribution in [0.5, 0.6) is 0 Å². The summed E-state index contributed by atoms with van der Waals surface area (Å²) < 4.78 is 0. The lowest BCUT2D eigenvalue weighted by Crippen LogP contribution is -2.33. The lowest BCUT2D eigenvalue weighted by atomic mass is 9.96. The minimum atomic E-state index is -0.0618. The van der Waals surface area contributed by atoms with E-state index in [4.69, 9.17) is 5.26 Å². The van der Waals surface area contributed by atoms with Crippen molar-refractivity contribution in [3.63, 3.8) is 0 Å². The van der Waals surface area contributed by atoms with Crippen LogP contribution in [0.1, 0.15) is 35.2 Å². The molecular weight excluding hydrogens is 274 g/mol. The maximum atomic E-state index is 11.9. The number of nitrogens with one attached hydrogen (secondary N) is 2. The van der Waals surface area contributed by atoms with Crippen molar-refractivity contribution in [1.82, 2.24) is 10.6 Å². The number of carbonyl (C=O) groups excluding carboxylic acids is 1. The van der Waals surface area contributed by atoms with Gasteiger partial charge in [0.05, 0.1) is 11.6 Å². The monoisotopic (exact) mass is 293 g/mol. The number of benzene rings is 1. The fraction of sp³-hybridized carbons (Fsp3) is 0.467. The zero-order valence-corrected chi connectivity index (χ0v) is 12.2. The normalized spacial score (nSPS) is 17.6. The van der Waals surface area contributed by atoms with E-state index in [9.17, 15) is 4.79 Å². The molecule has 0 radical (unpaired) electrons. The molecule has 1 unspecified atom stereocenters. The molecular formula is C15H20ClN3O. The Hall–Kier alpha value is -1.57. The summed E-state index contributed by atoms with van der Waals surface area (Å²) in [5, 5.41) is 15.0. The Labute approximate surface area is 126 Å². The van der Waals surface area contributed by atoms with Crippen LogP contribution in [0.3, 0.4) is 0 Å². The van der Waals surface area contributed by atoms with Crippen LogP contribution in [0.2, 0.25) is 0 Å². The van der Waals surface area contributed by atoms with Crippen LogP contribution in [0.4, 0.5) is 0 Å². The summed E-state index contributed by atoms with van der Waals surface area (Å²) >= 11 is 0. The summed E-state index contributed by atoms with van der Waals surface area (Å²) in [7, 11) is 0. The molecule has 0 aliphatic carbocycles. The fourth-order valence-corrected chi connectivity index (χ4v) is 2.36. The second-order valence-corrected chi connectivity index (χ2v) is 4.95. The lowest BCUT2D eigenvalue weighted by molar-refractivity contribution is 0.0950. The van der Waals surface area contributed by atoms with E-state index >= 15 is 0 Å². The molecule has 1 fully saturated rings. The number of nitriles is 1. The highest BCUT2D eigenvalue weighted by atomic mass is 35.5. The number of nitrogens with zero attached hydrogens (tertiary/aromatic N) is 1. The van der Waals surface area contributed by atoms with Crippen LogP contribution in [-0.2, 0) is 0 Å². The molecule has 1 aromatic rings. The molecule has 5 heteroatoms. The molecule has 1 atom stereocenters. The molecule has 4 nitrogen and oxygen atoms in total. The molecule has 1 aromatic carbocycles. The van der Waals surface area contributed by atoms with E-state index in [0.29, 0.717) is 23.6 Å². The van der Waals surface area contributed by atoms with Crippen molar-refractivity contribution >= 4 is 18.3 Å². The van der Waals surface area contributed by atoms with E-state index in [1.54, 1.807) is 24.3 Å². The summed E-state index contributed by atoms with van der Waals surface area (Å²) in [6.45, 7) is 2.89. The minimum absolute atomic E-state index is 0. The minimum Gasteiger partial charge on any atom is -0.352 e. The molecule has 0 aromatic heterocycles. The quantitative estimate of drug-likeness (QED) is 0.893. The van der Waals surface area contributed by atoms with Gasteiger partial charge in [-0.05, 0) is 62.5 Å². The second-order valence-electron chi connectivity index (χ2n) is 4.95. The third-order valence-electron chi connectivity index (χ3n) is 3.51. The van der Waals surface area contributed by atoms with Crippen LogP contribution in [-0.4, -0.2) is 25.5 Å². The first-order valence-electron chi connectivity index (χ1n) is 6.78. The van der Waals surface area contributed by atoms with Crippen molar-refractivity contribution in [2.45, 2.75) is 19.3 Å². The number of carbonyl (C=O) groups is 1. The topological polar surface area (TPSA) is 64.9 Å². The lowest BCUT2D eigenvalue weighted by Gasteiger charge is -2.22. The SMILES string of the molecule is Cl.N#Cc1ccc(C(=O)NCCC2CCCNC2)cc1. The van der Waals surface area contributed by atoms with Gasteiger partial charge in [0, 0.05) is 12.1 Å². The van der Waals surface area contributed by atoms with Gasteiger partial charge in [-0.2, -0.15) is 5.26 Å². The van der Waals surface area contributed by atoms with Gasteiger partial charge < -0.3 is 10.6 Å². The molecule has 0 spiro atoms. The summed E-state index contributed by atoms with van der Waals surface area (Å²) in [4.78, 5) is 11.9. The molecule has 20 heavy (non-hydrogen) atoms. The Morgan fingerprint density at radius 1 is 1.40 bits per heavy atom. The largest absolute Gasteiger partial charge is 0.352 e. The van der Waals surface area contributed by atoms with Crippen molar-refractivity contribution < 1.29 is 4.79 Å². The number of halogens is 1. The van der Waals surface area contributed by atoms with E-state index in [2.05, 4.69) is 10.6 Å². The van der Waals surface area contributed by atoms with Crippen molar-refractivity contribution in [2.75, 3.05) is 19.6 Å². The summed E-state index contributed by atoms with van der Waals surface area (Å²) in [6, 6.07) is 8.75. The summed E-state index contributed by atoms with van der Waals surface area (Å²) in [5.41, 5.74) is 1.19. The van der Waals surface area contributed by atoms with Crippen molar-refractivity contribution in [3.8, 4) is 6.07 Å². The van der Waals surface area contributed by atoms with Crippen molar-refractivity contribution in [2.24, 2.45) is 5.92 Å². The highest BCUT2D eigenvalue weighted by Gasteiger charge is 2.13. The van der Waals surface area contributed by atoms with Gasteiger partial charge in [0.1, 0.15) is 0 Å². The van der Waals surface area contributed by atoms with E-state index in [1.165, 1.54) is 12.8 Å². The predicted octanol–water partition coefficient (Wildman–Crippen LogP) is 2.10. The maximum absolute atomic E-state index is 11.9. The van der Waals surface area contributed by atoms with Gasteiger partial charge in [-0.25, -0.2) is 0 Å². The maximum Gasteiger partial charge on any atom is 0.251 e. The van der Waals surface area contributed by atoms with E-state index in [0.717, 1.165) is 19.5 Å². The van der Waals surface area contributed by atoms with Crippen LogP contribution in [0.15, 0.2) is 24.3 Å². The van der Waals surface area contributed by atoms with Gasteiger partial charge in [0.25, 0.3) is 5.91 Å². The first kappa shape index (κ1) is 16.5. The first-order chi connectivity index (χ1) is 9.29. The molecule has 1 heterocycles. The van der Waals surface area contributed by atoms with Crippen molar-refractivity contribution in [1.29, 1.82) is 5.26 Å². The van der Waals surface area contributed by atoms with Crippen LogP contribution >= 0.6 is 12.4 Å². The molecule has 1 aliphatic heterocycles. The number of hydrogen-bond acceptors (Lipinski definition) is 3. The zero-order valence-electron chi connectivity index (χ0n) is 11.4. The van der Waals surface area contributed by atoms with Crippen LogP contribution in [0, 0.1) is 17.2 Å². The molecule has 1 saturated heterocycles. The van der Waals surface area contributed by atoms with Gasteiger partial charge in [-0.3, -0.25) is 4.79 Å². The number of amides is 1. The highest BCUT2D eigenvalue weighted by Crippen LogP contribution is 2.13. The molecule has 2 N–H and O–H groups in total. The Morgan fingerprint density at radius 2 is 2.15 bits per heavy atom. The van der Waals surface area contributed by atoms with Gasteiger partial charge in [0.2, 0.25) is 0 Å².